The van der Waals surface area contributed by atoms with Gasteiger partial charge in [0.05, 0.1) is 23.5 Å². The molecule has 19 heavy (non-hydrogen) atoms. The van der Waals surface area contributed by atoms with Crippen LogP contribution in [0.3, 0.4) is 0 Å². The summed E-state index contributed by atoms with van der Waals surface area (Å²) in [4.78, 5) is 0. The summed E-state index contributed by atoms with van der Waals surface area (Å²) in [5, 5.41) is 17.3. The summed E-state index contributed by atoms with van der Waals surface area (Å²) in [6, 6.07) is 9.79. The summed E-state index contributed by atoms with van der Waals surface area (Å²) in [5.41, 5.74) is 7.80. The first-order chi connectivity index (χ1) is 8.98. The molecule has 1 heterocycles. The van der Waals surface area contributed by atoms with Crippen molar-refractivity contribution in [1.29, 1.82) is 0 Å². The van der Waals surface area contributed by atoms with Crippen LogP contribution in [0.1, 0.15) is 18.2 Å². The Balaban J connectivity index is 2.39. The van der Waals surface area contributed by atoms with E-state index in [4.69, 9.17) is 5.73 Å². The number of aryl methyl sites for hydroxylation is 2. The number of aliphatic hydroxyl groups is 1. The molecular formula is C14H20N4O. The second kappa shape index (κ2) is 4.93. The number of hydrogen-bond acceptors (Lipinski definition) is 4. The topological polar surface area (TPSA) is 76.1 Å². The summed E-state index contributed by atoms with van der Waals surface area (Å²) in [5.74, 6) is 0.720. The average Bonchev–Trinajstić information content (AvgIpc) is 2.66. The number of anilines is 2. The Morgan fingerprint density at radius 2 is 2.00 bits per heavy atom. The Morgan fingerprint density at radius 3 is 2.47 bits per heavy atom. The van der Waals surface area contributed by atoms with Crippen LogP contribution >= 0.6 is 0 Å². The molecule has 0 bridgehead atoms. The minimum atomic E-state index is -0.602. The maximum atomic E-state index is 9.76. The highest BCUT2D eigenvalue weighted by atomic mass is 16.3. The van der Waals surface area contributed by atoms with E-state index >= 15 is 0 Å². The summed E-state index contributed by atoms with van der Waals surface area (Å²) in [6.45, 7) is 3.75. The Bertz CT molecular complexity index is 564. The lowest BCUT2D eigenvalue weighted by Crippen LogP contribution is -2.36. The molecular weight excluding hydrogens is 240 g/mol. The number of aliphatic hydroxyl groups excluding tert-OH is 1. The van der Waals surface area contributed by atoms with Crippen molar-refractivity contribution < 1.29 is 5.11 Å². The molecule has 0 aliphatic heterocycles. The minimum absolute atomic E-state index is 0.0410. The maximum Gasteiger partial charge on any atom is 0.148 e. The number of nitrogens with two attached hydrogens (primary N) is 1. The Hall–Kier alpha value is -2.01. The monoisotopic (exact) mass is 260 g/mol. The first kappa shape index (κ1) is 13.4. The van der Waals surface area contributed by atoms with Gasteiger partial charge in [-0.2, -0.15) is 5.10 Å². The number of nitrogens with one attached hydrogen (secondary N) is 1. The molecule has 2 aromatic rings. The van der Waals surface area contributed by atoms with Crippen molar-refractivity contribution in [3.63, 3.8) is 0 Å². The van der Waals surface area contributed by atoms with Crippen LogP contribution in [0.15, 0.2) is 30.3 Å². The van der Waals surface area contributed by atoms with Gasteiger partial charge in [0, 0.05) is 7.05 Å². The minimum Gasteiger partial charge on any atom is -0.394 e. The Kier molecular flexibility index (Phi) is 3.48. The largest absolute Gasteiger partial charge is 0.394 e. The third kappa shape index (κ3) is 2.42. The zero-order valence-electron chi connectivity index (χ0n) is 11.5. The zero-order chi connectivity index (χ0) is 14.0. The fourth-order valence-corrected chi connectivity index (χ4v) is 2.09. The van der Waals surface area contributed by atoms with Crippen LogP contribution in [0.25, 0.3) is 0 Å². The molecule has 0 fully saturated rings. The second-order valence-electron chi connectivity index (χ2n) is 4.95. The van der Waals surface area contributed by atoms with E-state index in [1.807, 2.05) is 51.2 Å². The van der Waals surface area contributed by atoms with E-state index in [0.717, 1.165) is 17.1 Å². The lowest BCUT2D eigenvalue weighted by atomic mass is 9.93. The second-order valence-corrected chi connectivity index (χ2v) is 4.95. The molecule has 0 amide bonds. The van der Waals surface area contributed by atoms with Gasteiger partial charge in [0.15, 0.2) is 0 Å². The van der Waals surface area contributed by atoms with Crippen LogP contribution < -0.4 is 11.1 Å². The third-order valence-electron chi connectivity index (χ3n) is 3.39. The van der Waals surface area contributed by atoms with E-state index in [1.165, 1.54) is 0 Å². The quantitative estimate of drug-likeness (QED) is 0.781. The third-order valence-corrected chi connectivity index (χ3v) is 3.39. The van der Waals surface area contributed by atoms with Gasteiger partial charge in [0.2, 0.25) is 0 Å². The van der Waals surface area contributed by atoms with Crippen molar-refractivity contribution in [1.82, 2.24) is 9.78 Å². The van der Waals surface area contributed by atoms with Crippen LogP contribution in [-0.2, 0) is 12.6 Å². The van der Waals surface area contributed by atoms with E-state index in [0.29, 0.717) is 5.69 Å². The van der Waals surface area contributed by atoms with Gasteiger partial charge in [-0.1, -0.05) is 30.3 Å². The first-order valence-electron chi connectivity index (χ1n) is 6.21. The fraction of sp³-hybridized carbons (Fsp3) is 0.357. The van der Waals surface area contributed by atoms with Crippen LogP contribution in [0.5, 0.6) is 0 Å². The SMILES string of the molecule is Cc1nn(C)c(NC(C)(CO)c2ccccc2)c1N. The molecule has 1 aromatic carbocycles. The highest BCUT2D eigenvalue weighted by Gasteiger charge is 2.27. The average molecular weight is 260 g/mol. The van der Waals surface area contributed by atoms with Crippen molar-refractivity contribution in [3.05, 3.63) is 41.6 Å². The molecule has 0 spiro atoms. The zero-order valence-corrected chi connectivity index (χ0v) is 11.5. The fourth-order valence-electron chi connectivity index (χ4n) is 2.09. The van der Waals surface area contributed by atoms with Gasteiger partial charge < -0.3 is 16.2 Å². The van der Waals surface area contributed by atoms with Crippen molar-refractivity contribution in [3.8, 4) is 0 Å². The molecule has 5 nitrogen and oxygen atoms in total. The number of hydrogen-bond donors (Lipinski definition) is 3. The normalized spacial score (nSPS) is 14.1. The van der Waals surface area contributed by atoms with Gasteiger partial charge in [-0.25, -0.2) is 0 Å². The molecule has 0 saturated carbocycles. The van der Waals surface area contributed by atoms with Crippen LogP contribution in [0.4, 0.5) is 11.5 Å². The lowest BCUT2D eigenvalue weighted by Gasteiger charge is -2.30. The van der Waals surface area contributed by atoms with Crippen molar-refractivity contribution in [2.24, 2.45) is 7.05 Å². The molecule has 0 saturated heterocycles. The van der Waals surface area contributed by atoms with Crippen molar-refractivity contribution >= 4 is 11.5 Å². The van der Waals surface area contributed by atoms with Gasteiger partial charge in [0.1, 0.15) is 5.82 Å². The van der Waals surface area contributed by atoms with E-state index in [9.17, 15) is 5.11 Å². The summed E-state index contributed by atoms with van der Waals surface area (Å²) in [6.07, 6.45) is 0. The Labute approximate surface area is 113 Å². The molecule has 1 atom stereocenters. The van der Waals surface area contributed by atoms with E-state index in [1.54, 1.807) is 4.68 Å². The predicted octanol–water partition coefficient (Wildman–Crippen LogP) is 1.63. The van der Waals surface area contributed by atoms with Crippen LogP contribution in [0.2, 0.25) is 0 Å². The maximum absolute atomic E-state index is 9.76. The molecule has 2 rings (SSSR count). The molecule has 1 aromatic heterocycles. The first-order valence-corrected chi connectivity index (χ1v) is 6.21. The summed E-state index contributed by atoms with van der Waals surface area (Å²) in [7, 11) is 1.83. The lowest BCUT2D eigenvalue weighted by molar-refractivity contribution is 0.223. The molecule has 0 aliphatic rings. The number of rotatable bonds is 4. The smallest absolute Gasteiger partial charge is 0.148 e. The summed E-state index contributed by atoms with van der Waals surface area (Å²) >= 11 is 0. The molecule has 4 N–H and O–H groups in total. The molecule has 102 valence electrons. The van der Waals surface area contributed by atoms with Crippen molar-refractivity contribution in [2.75, 3.05) is 17.7 Å². The van der Waals surface area contributed by atoms with Crippen molar-refractivity contribution in [2.45, 2.75) is 19.4 Å². The predicted molar refractivity (Wildman–Crippen MR) is 76.9 cm³/mol. The van der Waals surface area contributed by atoms with Gasteiger partial charge in [0.25, 0.3) is 0 Å². The van der Waals surface area contributed by atoms with Gasteiger partial charge in [-0.05, 0) is 19.4 Å². The number of nitrogen functional groups attached to an aromatic ring is 1. The molecule has 5 heteroatoms. The van der Waals surface area contributed by atoms with Gasteiger partial charge >= 0.3 is 0 Å². The van der Waals surface area contributed by atoms with Gasteiger partial charge in [-0.15, -0.1) is 0 Å². The highest BCUT2D eigenvalue weighted by Crippen LogP contribution is 2.29. The molecule has 0 aliphatic carbocycles. The Morgan fingerprint density at radius 1 is 1.37 bits per heavy atom. The number of aromatic nitrogens is 2. The molecule has 0 radical (unpaired) electrons. The highest BCUT2D eigenvalue weighted by molar-refractivity contribution is 5.66. The summed E-state index contributed by atoms with van der Waals surface area (Å²) < 4.78 is 1.70. The van der Waals surface area contributed by atoms with Crippen LogP contribution in [0, 0.1) is 6.92 Å². The standard InChI is InChI=1S/C14H20N4O/c1-10-12(15)13(18(3)17-10)16-14(2,9-19)11-7-5-4-6-8-11/h4-8,16,19H,9,15H2,1-3H3. The number of nitrogens with zero attached hydrogens (tertiary/aromatic N) is 2. The van der Waals surface area contributed by atoms with Gasteiger partial charge in [-0.3, -0.25) is 4.68 Å². The molecule has 1 unspecified atom stereocenters. The van der Waals surface area contributed by atoms with E-state index < -0.39 is 5.54 Å². The van der Waals surface area contributed by atoms with Crippen LogP contribution in [-0.4, -0.2) is 21.5 Å². The number of benzene rings is 1. The van der Waals surface area contributed by atoms with E-state index in [2.05, 4.69) is 10.4 Å². The van der Waals surface area contributed by atoms with E-state index in [-0.39, 0.29) is 6.61 Å².